The van der Waals surface area contributed by atoms with Gasteiger partial charge in [0.2, 0.25) is 0 Å². The van der Waals surface area contributed by atoms with E-state index in [0.29, 0.717) is 11.1 Å². The molecule has 0 aromatic heterocycles. The van der Waals surface area contributed by atoms with E-state index in [2.05, 4.69) is 6.58 Å². The lowest BCUT2D eigenvalue weighted by Gasteiger charge is -2.08. The lowest BCUT2D eigenvalue weighted by molar-refractivity contribution is 0.112. The summed E-state index contributed by atoms with van der Waals surface area (Å²) in [6.45, 7) is 7.09. The maximum Gasteiger partial charge on any atom is 0.150 e. The van der Waals surface area contributed by atoms with Gasteiger partial charge < -0.3 is 5.11 Å². The maximum atomic E-state index is 10.7. The molecule has 0 spiro atoms. The monoisotopic (exact) mass is 176 g/mol. The molecule has 0 aliphatic rings. The predicted octanol–water partition coefficient (Wildman–Crippen LogP) is 2.64. The van der Waals surface area contributed by atoms with Crippen LogP contribution in [0, 0.1) is 13.8 Å². The Kier molecular flexibility index (Phi) is 2.52. The van der Waals surface area contributed by atoms with E-state index in [0.717, 1.165) is 17.4 Å². The SMILES string of the molecule is C=C(O)c1ccc(C)c(C=O)c1C. The minimum absolute atomic E-state index is 0.000556. The van der Waals surface area contributed by atoms with Gasteiger partial charge in [0, 0.05) is 11.1 Å². The molecule has 2 heteroatoms. The molecule has 0 aliphatic carbocycles. The van der Waals surface area contributed by atoms with Crippen molar-refractivity contribution >= 4 is 12.0 Å². The van der Waals surface area contributed by atoms with Crippen molar-refractivity contribution in [3.05, 3.63) is 41.0 Å². The third-order valence-corrected chi connectivity index (χ3v) is 2.16. The molecule has 0 saturated carbocycles. The van der Waals surface area contributed by atoms with Gasteiger partial charge in [-0.05, 0) is 25.0 Å². The first-order chi connectivity index (χ1) is 6.07. The molecular formula is C11H12O2. The van der Waals surface area contributed by atoms with Gasteiger partial charge in [0.15, 0.2) is 6.29 Å². The topological polar surface area (TPSA) is 37.3 Å². The van der Waals surface area contributed by atoms with Crippen molar-refractivity contribution in [1.82, 2.24) is 0 Å². The maximum absolute atomic E-state index is 10.7. The van der Waals surface area contributed by atoms with Crippen LogP contribution in [0.15, 0.2) is 18.7 Å². The minimum Gasteiger partial charge on any atom is -0.508 e. The van der Waals surface area contributed by atoms with Gasteiger partial charge in [-0.2, -0.15) is 0 Å². The molecule has 68 valence electrons. The van der Waals surface area contributed by atoms with Crippen molar-refractivity contribution in [3.63, 3.8) is 0 Å². The lowest BCUT2D eigenvalue weighted by Crippen LogP contribution is -1.96. The third-order valence-electron chi connectivity index (χ3n) is 2.16. The molecule has 2 nitrogen and oxygen atoms in total. The van der Waals surface area contributed by atoms with E-state index in [1.807, 2.05) is 6.92 Å². The van der Waals surface area contributed by atoms with Crippen LogP contribution in [-0.2, 0) is 0 Å². The first-order valence-electron chi connectivity index (χ1n) is 4.01. The number of carbonyl (C=O) groups excluding carboxylic acids is 1. The first-order valence-corrected chi connectivity index (χ1v) is 4.01. The van der Waals surface area contributed by atoms with Crippen molar-refractivity contribution in [2.75, 3.05) is 0 Å². The molecule has 0 heterocycles. The summed E-state index contributed by atoms with van der Waals surface area (Å²) in [7, 11) is 0. The van der Waals surface area contributed by atoms with Gasteiger partial charge in [0.05, 0.1) is 0 Å². The van der Waals surface area contributed by atoms with Gasteiger partial charge in [-0.15, -0.1) is 0 Å². The Morgan fingerprint density at radius 3 is 2.54 bits per heavy atom. The Hall–Kier alpha value is -1.57. The van der Waals surface area contributed by atoms with Crippen molar-refractivity contribution in [1.29, 1.82) is 0 Å². The van der Waals surface area contributed by atoms with E-state index in [1.165, 1.54) is 0 Å². The Morgan fingerprint density at radius 1 is 1.46 bits per heavy atom. The molecule has 0 bridgehead atoms. The molecule has 1 rings (SSSR count). The highest BCUT2D eigenvalue weighted by molar-refractivity contribution is 5.82. The summed E-state index contributed by atoms with van der Waals surface area (Å²) >= 11 is 0. The summed E-state index contributed by atoms with van der Waals surface area (Å²) < 4.78 is 0. The van der Waals surface area contributed by atoms with E-state index < -0.39 is 0 Å². The highest BCUT2D eigenvalue weighted by Gasteiger charge is 2.07. The number of aryl methyl sites for hydroxylation is 1. The number of aldehydes is 1. The van der Waals surface area contributed by atoms with E-state index in [-0.39, 0.29) is 5.76 Å². The molecular weight excluding hydrogens is 164 g/mol. The van der Waals surface area contributed by atoms with E-state index in [1.54, 1.807) is 19.1 Å². The Labute approximate surface area is 77.5 Å². The van der Waals surface area contributed by atoms with Crippen LogP contribution >= 0.6 is 0 Å². The smallest absolute Gasteiger partial charge is 0.150 e. The Morgan fingerprint density at radius 2 is 2.08 bits per heavy atom. The third kappa shape index (κ3) is 1.61. The van der Waals surface area contributed by atoms with E-state index in [9.17, 15) is 9.90 Å². The molecule has 0 radical (unpaired) electrons. The molecule has 0 atom stereocenters. The van der Waals surface area contributed by atoms with Gasteiger partial charge in [-0.25, -0.2) is 0 Å². The predicted molar refractivity (Wildman–Crippen MR) is 53.0 cm³/mol. The lowest BCUT2D eigenvalue weighted by atomic mass is 9.98. The highest BCUT2D eigenvalue weighted by atomic mass is 16.3. The molecule has 0 fully saturated rings. The summed E-state index contributed by atoms with van der Waals surface area (Å²) in [4.78, 5) is 10.7. The average Bonchev–Trinajstić information content (AvgIpc) is 2.04. The second-order valence-electron chi connectivity index (χ2n) is 3.03. The zero-order valence-corrected chi connectivity index (χ0v) is 7.79. The number of rotatable bonds is 2. The zero-order chi connectivity index (χ0) is 10.0. The molecule has 1 aromatic rings. The molecule has 13 heavy (non-hydrogen) atoms. The molecule has 0 amide bonds. The fraction of sp³-hybridized carbons (Fsp3) is 0.182. The van der Waals surface area contributed by atoms with E-state index in [4.69, 9.17) is 0 Å². The standard InChI is InChI=1S/C11H12O2/c1-7-4-5-10(9(3)13)8(2)11(7)6-12/h4-6,13H,3H2,1-2H3. The fourth-order valence-corrected chi connectivity index (χ4v) is 1.36. The molecule has 1 aromatic carbocycles. The van der Waals surface area contributed by atoms with Crippen LogP contribution in [0.5, 0.6) is 0 Å². The van der Waals surface area contributed by atoms with Gasteiger partial charge in [-0.3, -0.25) is 4.79 Å². The van der Waals surface area contributed by atoms with Crippen molar-refractivity contribution in [3.8, 4) is 0 Å². The summed E-state index contributed by atoms with van der Waals surface area (Å²) in [5.41, 5.74) is 2.96. The van der Waals surface area contributed by atoms with Crippen LogP contribution in [0.1, 0.15) is 27.0 Å². The van der Waals surface area contributed by atoms with Crippen LogP contribution in [0.4, 0.5) is 0 Å². The Bertz CT molecular complexity index is 365. The van der Waals surface area contributed by atoms with Crippen LogP contribution < -0.4 is 0 Å². The van der Waals surface area contributed by atoms with Crippen LogP contribution in [0.3, 0.4) is 0 Å². The minimum atomic E-state index is 0.000556. The number of hydrogen-bond acceptors (Lipinski definition) is 2. The van der Waals surface area contributed by atoms with Crippen molar-refractivity contribution in [2.45, 2.75) is 13.8 Å². The quantitative estimate of drug-likeness (QED) is 0.555. The molecule has 1 N–H and O–H groups in total. The van der Waals surface area contributed by atoms with Gasteiger partial charge >= 0.3 is 0 Å². The summed E-state index contributed by atoms with van der Waals surface area (Å²) in [5.74, 6) is 0.000556. The number of carbonyl (C=O) groups is 1. The van der Waals surface area contributed by atoms with Crippen LogP contribution in [0.25, 0.3) is 5.76 Å². The van der Waals surface area contributed by atoms with Gasteiger partial charge in [0.1, 0.15) is 5.76 Å². The second kappa shape index (κ2) is 3.44. The Balaban J connectivity index is 3.44. The van der Waals surface area contributed by atoms with Crippen LogP contribution in [-0.4, -0.2) is 11.4 Å². The van der Waals surface area contributed by atoms with Crippen LogP contribution in [0.2, 0.25) is 0 Å². The summed E-state index contributed by atoms with van der Waals surface area (Å²) in [6, 6.07) is 3.56. The molecule has 0 unspecified atom stereocenters. The number of aliphatic hydroxyl groups is 1. The van der Waals surface area contributed by atoms with Crippen molar-refractivity contribution < 1.29 is 9.90 Å². The zero-order valence-electron chi connectivity index (χ0n) is 7.79. The highest BCUT2D eigenvalue weighted by Crippen LogP contribution is 2.20. The normalized spacial score (nSPS) is 9.69. The largest absolute Gasteiger partial charge is 0.508 e. The average molecular weight is 176 g/mol. The summed E-state index contributed by atoms with van der Waals surface area (Å²) in [6.07, 6.45) is 0.803. The second-order valence-corrected chi connectivity index (χ2v) is 3.03. The van der Waals surface area contributed by atoms with Gasteiger partial charge in [-0.1, -0.05) is 18.7 Å². The van der Waals surface area contributed by atoms with Gasteiger partial charge in [0.25, 0.3) is 0 Å². The molecule has 0 aliphatic heterocycles. The number of benzene rings is 1. The molecule has 0 saturated heterocycles. The fourth-order valence-electron chi connectivity index (χ4n) is 1.36. The summed E-state index contributed by atoms with van der Waals surface area (Å²) in [5, 5.41) is 9.21. The number of aliphatic hydroxyl groups excluding tert-OH is 1. The van der Waals surface area contributed by atoms with E-state index >= 15 is 0 Å². The first kappa shape index (κ1) is 9.52. The van der Waals surface area contributed by atoms with Crippen molar-refractivity contribution in [2.24, 2.45) is 0 Å². The number of hydrogen-bond donors (Lipinski definition) is 1.